The molecule has 0 unspecified atom stereocenters. The number of piperidine rings is 2. The highest BCUT2D eigenvalue weighted by molar-refractivity contribution is 9.09. The molecule has 0 spiro atoms. The number of aliphatic hydroxyl groups excluding tert-OH is 1. The van der Waals surface area contributed by atoms with E-state index in [4.69, 9.17) is 38.7 Å². The zero-order chi connectivity index (χ0) is 59.0. The molecule has 2 saturated heterocycles. The Morgan fingerprint density at radius 2 is 1.10 bits per heavy atom. The molecular formula is C59H76BrCl2N17O5. The second-order valence-corrected chi connectivity index (χ2v) is 21.6. The number of para-hydroxylation sites is 2. The molecule has 2 aliphatic rings. The Bertz CT molecular complexity index is 3480. The molecule has 3 N–H and O–H groups in total. The van der Waals surface area contributed by atoms with Gasteiger partial charge in [0.05, 0.1) is 76.7 Å². The highest BCUT2D eigenvalue weighted by Gasteiger charge is 2.33. The van der Waals surface area contributed by atoms with Crippen LogP contribution in [0.5, 0.6) is 5.88 Å². The van der Waals surface area contributed by atoms with Crippen LogP contribution in [0.25, 0.3) is 22.7 Å². The number of ketones is 1. The Morgan fingerprint density at radius 3 is 1.56 bits per heavy atom. The van der Waals surface area contributed by atoms with Gasteiger partial charge in [0.15, 0.2) is 21.8 Å². The fourth-order valence-electron chi connectivity index (χ4n) is 8.58. The van der Waals surface area contributed by atoms with E-state index in [1.54, 1.807) is 48.1 Å². The van der Waals surface area contributed by atoms with Crippen molar-refractivity contribution in [1.82, 2.24) is 78.5 Å². The third-order valence-electron chi connectivity index (χ3n) is 13.4. The minimum Gasteiger partial charge on any atom is -0.470 e. The number of fused-ring (bicyclic) bond motifs is 2. The number of aliphatic hydroxyl groups is 1. The number of imidazole rings is 2. The topological polar surface area (TPSA) is 261 Å². The normalized spacial score (nSPS) is 16.4. The number of benzene rings is 2. The fourth-order valence-corrected chi connectivity index (χ4v) is 9.53. The molecule has 0 saturated carbocycles. The van der Waals surface area contributed by atoms with Gasteiger partial charge in [0.2, 0.25) is 5.65 Å². The van der Waals surface area contributed by atoms with E-state index < -0.39 is 6.10 Å². The number of anilines is 1. The van der Waals surface area contributed by atoms with E-state index >= 15 is 0 Å². The summed E-state index contributed by atoms with van der Waals surface area (Å²) in [5.74, 6) is 1.79. The van der Waals surface area contributed by atoms with Gasteiger partial charge in [-0.2, -0.15) is 30.0 Å². The SMILES string of the molecule is C.C.CC(C)C(=O)CBr.CC(C)c1cn2ccnc(Cl)c2n1.CC(C)c1cn2ccnc(O[C@@H]3CC[C@@H](C)N(C(=O)c4ccccc4-n4nccn4)C3)c2n1.C[C@@H]1CC[C@@H](O)CN1C(=O)c1ccccc1-n1nccn1.Nc1nccnc1Cl. The largest absolute Gasteiger partial charge is 0.470 e. The predicted octanol–water partition coefficient (Wildman–Crippen LogP) is 10.9. The van der Waals surface area contributed by atoms with E-state index in [-0.39, 0.29) is 67.5 Å². The van der Waals surface area contributed by atoms with Crippen LogP contribution in [-0.2, 0) is 4.79 Å². The lowest BCUT2D eigenvalue weighted by Crippen LogP contribution is -2.49. The lowest BCUT2D eigenvalue weighted by atomic mass is 9.99. The first-order valence-electron chi connectivity index (χ1n) is 26.9. The van der Waals surface area contributed by atoms with Crippen molar-refractivity contribution in [3.8, 4) is 17.3 Å². The molecule has 2 amide bonds. The van der Waals surface area contributed by atoms with Crippen molar-refractivity contribution in [1.29, 1.82) is 0 Å². The molecule has 9 heterocycles. The highest BCUT2D eigenvalue weighted by atomic mass is 79.9. The Kier molecular flexibility index (Phi) is 25.4. The number of aromatic nitrogens is 14. The number of Topliss-reactive ketones (excluding diaryl/α,β-unsaturated/α-hetero) is 1. The standard InChI is InChI=1S/C24H27N7O2.C15H18N4O2.C9H10ClN3.C5H9BrO.C4H4ClN3.2CH4/c1-16(2)20-15-29-13-12-25-23(22(29)28-20)33-18-9-8-17(3)30(14-18)24(32)19-6-4-5-7-21(19)31-26-10-11-27-31;1-11-6-7-12(20)10-18(11)15(21)13-4-2-3-5-14(13)19-16-8-9-17-19;1-6(2)7-5-13-4-3-11-8(10)9(13)12-7;1-4(2)5(7)3-6;5-3-4(6)8-2-1-7-3;;/h4-7,10-13,15-18H,8-9,14H2,1-3H3;2-5,8-9,11-12,20H,6-7,10H2,1H3;3-6H,1-2H3;4H,3H2,1-2H3;1-2H,(H2,6,8);2*1H4/t17-,18-;11-,12-;;;;;/m11...../s1. The molecule has 25 heteroatoms. The minimum atomic E-state index is -0.444. The quantitative estimate of drug-likeness (QED) is 0.121. The van der Waals surface area contributed by atoms with Crippen molar-refractivity contribution >= 4 is 73.8 Å². The highest BCUT2D eigenvalue weighted by Crippen LogP contribution is 2.28. The maximum Gasteiger partial charge on any atom is 0.258 e. The zero-order valence-electron chi connectivity index (χ0n) is 47.0. The van der Waals surface area contributed by atoms with Crippen molar-refractivity contribution in [2.24, 2.45) is 5.92 Å². The summed E-state index contributed by atoms with van der Waals surface area (Å²) in [5, 5.41) is 27.6. The van der Waals surface area contributed by atoms with Gasteiger partial charge in [0.25, 0.3) is 17.7 Å². The summed E-state index contributed by atoms with van der Waals surface area (Å²) < 4.78 is 10.1. The van der Waals surface area contributed by atoms with Gasteiger partial charge in [0, 0.05) is 74.1 Å². The molecule has 448 valence electrons. The van der Waals surface area contributed by atoms with Crippen molar-refractivity contribution in [2.75, 3.05) is 24.2 Å². The number of likely N-dealkylation sites (tertiary alicyclic amines) is 2. The van der Waals surface area contributed by atoms with E-state index in [1.807, 2.05) is 102 Å². The zero-order valence-corrected chi connectivity index (χ0v) is 50.1. The van der Waals surface area contributed by atoms with Gasteiger partial charge in [-0.25, -0.2) is 29.9 Å². The number of nitrogens with two attached hydrogens (primary N) is 1. The second kappa shape index (κ2) is 31.8. The van der Waals surface area contributed by atoms with Crippen LogP contribution in [0.15, 0.2) is 123 Å². The first-order chi connectivity index (χ1) is 39.3. The average molecular weight is 1250 g/mol. The van der Waals surface area contributed by atoms with Gasteiger partial charge in [0.1, 0.15) is 11.9 Å². The van der Waals surface area contributed by atoms with E-state index in [0.29, 0.717) is 69.4 Å². The van der Waals surface area contributed by atoms with Crippen LogP contribution in [0, 0.1) is 5.92 Å². The number of ether oxygens (including phenoxy) is 1. The number of amides is 2. The molecule has 0 radical (unpaired) electrons. The summed E-state index contributed by atoms with van der Waals surface area (Å²) in [6.45, 7) is 17.1. The van der Waals surface area contributed by atoms with Gasteiger partial charge in [-0.15, -0.1) is 0 Å². The molecule has 4 atom stereocenters. The van der Waals surface area contributed by atoms with Crippen LogP contribution in [0.3, 0.4) is 0 Å². The summed E-state index contributed by atoms with van der Waals surface area (Å²) in [7, 11) is 0. The van der Waals surface area contributed by atoms with Gasteiger partial charge >= 0.3 is 0 Å². The number of β-amino-alcohol motifs (C(OH)–C–C–N with tert-alkyl or cyclic N) is 1. The van der Waals surface area contributed by atoms with Gasteiger partial charge in [-0.05, 0) is 75.6 Å². The monoisotopic (exact) mass is 1250 g/mol. The van der Waals surface area contributed by atoms with Crippen molar-refractivity contribution in [3.63, 3.8) is 0 Å². The smallest absolute Gasteiger partial charge is 0.258 e. The maximum atomic E-state index is 13.6. The number of nitrogen functional groups attached to an aromatic ring is 1. The summed E-state index contributed by atoms with van der Waals surface area (Å²) in [6.07, 6.45) is 23.0. The molecule has 2 aliphatic heterocycles. The van der Waals surface area contributed by atoms with Crippen LogP contribution in [0.1, 0.15) is 140 Å². The summed E-state index contributed by atoms with van der Waals surface area (Å²) in [5.41, 5.74) is 11.1. The summed E-state index contributed by atoms with van der Waals surface area (Å²) >= 11 is 14.4. The second-order valence-electron chi connectivity index (χ2n) is 20.4. The van der Waals surface area contributed by atoms with E-state index in [2.05, 4.69) is 95.9 Å². The number of halogens is 3. The minimum absolute atomic E-state index is 0. The Morgan fingerprint density at radius 1 is 0.631 bits per heavy atom. The van der Waals surface area contributed by atoms with Crippen molar-refractivity contribution in [3.05, 3.63) is 156 Å². The Balaban J connectivity index is 0.000000216. The van der Waals surface area contributed by atoms with E-state index in [9.17, 15) is 19.5 Å². The number of carbonyl (C=O) groups is 3. The Labute approximate surface area is 509 Å². The summed E-state index contributed by atoms with van der Waals surface area (Å²) in [4.78, 5) is 68.2. The molecule has 7 aromatic heterocycles. The number of hydrogen-bond donors (Lipinski definition) is 2. The lowest BCUT2D eigenvalue weighted by Gasteiger charge is -2.38. The molecule has 84 heavy (non-hydrogen) atoms. The third kappa shape index (κ3) is 17.4. The van der Waals surface area contributed by atoms with Crippen LogP contribution < -0.4 is 10.5 Å². The van der Waals surface area contributed by atoms with Crippen molar-refractivity contribution < 1.29 is 24.2 Å². The first kappa shape index (κ1) is 67.1. The van der Waals surface area contributed by atoms with Crippen LogP contribution in [0.4, 0.5) is 5.82 Å². The molecule has 2 aromatic carbocycles. The number of hydrogen-bond acceptors (Lipinski definition) is 16. The van der Waals surface area contributed by atoms with Gasteiger partial charge < -0.3 is 34.2 Å². The van der Waals surface area contributed by atoms with Crippen LogP contribution >= 0.6 is 39.1 Å². The lowest BCUT2D eigenvalue weighted by molar-refractivity contribution is -0.119. The summed E-state index contributed by atoms with van der Waals surface area (Å²) in [6, 6.07) is 14.9. The van der Waals surface area contributed by atoms with Crippen molar-refractivity contribution in [2.45, 2.75) is 132 Å². The molecule has 2 fully saturated rings. The molecular weight excluding hydrogens is 1180 g/mol. The fraction of sp³-hybridized carbons (Fsp3) is 0.407. The molecule has 11 rings (SSSR count). The molecule has 22 nitrogen and oxygen atoms in total. The average Bonchev–Trinajstić information content (AvgIpc) is 4.26. The number of alkyl halides is 1. The van der Waals surface area contributed by atoms with E-state index in [0.717, 1.165) is 42.7 Å². The van der Waals surface area contributed by atoms with Crippen LogP contribution in [-0.4, -0.2) is 144 Å². The predicted molar refractivity (Wildman–Crippen MR) is 330 cm³/mol. The Hall–Kier alpha value is -7.73. The van der Waals surface area contributed by atoms with Crippen LogP contribution in [0.2, 0.25) is 10.3 Å². The molecule has 9 aromatic rings. The maximum absolute atomic E-state index is 13.6. The van der Waals surface area contributed by atoms with Gasteiger partial charge in [-0.3, -0.25) is 14.4 Å². The number of rotatable bonds is 10. The first-order valence-corrected chi connectivity index (χ1v) is 28.7. The number of nitrogens with zero attached hydrogens (tertiary/aromatic N) is 16. The van der Waals surface area contributed by atoms with Gasteiger partial charge in [-0.1, -0.05) is 120 Å². The molecule has 0 aliphatic carbocycles. The van der Waals surface area contributed by atoms with E-state index in [1.165, 1.54) is 22.0 Å². The molecule has 0 bridgehead atoms. The number of carbonyl (C=O) groups excluding carboxylic acids is 3. The third-order valence-corrected chi connectivity index (χ3v) is 14.5.